The number of rotatable bonds is 0. The normalized spacial score (nSPS) is 46.5. The Bertz CT molecular complexity index is 473. The fourth-order valence-electron chi connectivity index (χ4n) is 5.07. The van der Waals surface area contributed by atoms with E-state index < -0.39 is 12.1 Å². The highest BCUT2D eigenvalue weighted by Crippen LogP contribution is 2.57. The standard InChI is InChI=1S/C16H22F3NO/c1-9-10-3-6-13-15(2,8-7-14(21)20-13)12(10)5-4-11(9)16(17,18)19/h7-13H,3-6H2,1-2H3,(H,20,21)/t9?,10?,11?,12?,13?,15-/m1/s1. The van der Waals surface area contributed by atoms with Crippen molar-refractivity contribution in [2.75, 3.05) is 0 Å². The molecule has 0 aromatic rings. The minimum absolute atomic E-state index is 0.0749. The summed E-state index contributed by atoms with van der Waals surface area (Å²) in [6.45, 7) is 3.87. The van der Waals surface area contributed by atoms with Gasteiger partial charge in [0.25, 0.3) is 0 Å². The number of halogens is 3. The summed E-state index contributed by atoms with van der Waals surface area (Å²) in [6, 6.07) is 0.0749. The van der Waals surface area contributed by atoms with Gasteiger partial charge in [-0.2, -0.15) is 13.2 Å². The summed E-state index contributed by atoms with van der Waals surface area (Å²) in [5.74, 6) is -1.23. The molecular weight excluding hydrogens is 279 g/mol. The zero-order valence-electron chi connectivity index (χ0n) is 12.4. The Morgan fingerprint density at radius 3 is 2.62 bits per heavy atom. The van der Waals surface area contributed by atoms with E-state index in [0.717, 1.165) is 12.8 Å². The van der Waals surface area contributed by atoms with Crippen LogP contribution in [0.25, 0.3) is 0 Å². The second-order valence-corrected chi connectivity index (χ2v) is 7.19. The molecule has 6 atom stereocenters. The van der Waals surface area contributed by atoms with Gasteiger partial charge in [0.2, 0.25) is 5.91 Å². The molecule has 0 aromatic heterocycles. The minimum Gasteiger partial charge on any atom is -0.349 e. The third-order valence-electron chi connectivity index (χ3n) is 6.28. The number of alkyl halides is 3. The quantitative estimate of drug-likeness (QED) is 0.726. The average molecular weight is 301 g/mol. The fraction of sp³-hybridized carbons (Fsp3) is 0.812. The first-order valence-electron chi connectivity index (χ1n) is 7.80. The molecule has 1 heterocycles. The Morgan fingerprint density at radius 2 is 1.95 bits per heavy atom. The van der Waals surface area contributed by atoms with Crippen LogP contribution in [0.3, 0.4) is 0 Å². The fourth-order valence-corrected chi connectivity index (χ4v) is 5.07. The molecule has 2 saturated carbocycles. The van der Waals surface area contributed by atoms with Crippen LogP contribution in [0.2, 0.25) is 0 Å². The highest BCUT2D eigenvalue weighted by Gasteiger charge is 2.56. The monoisotopic (exact) mass is 301 g/mol. The Kier molecular flexibility index (Phi) is 3.37. The van der Waals surface area contributed by atoms with Crippen LogP contribution in [-0.4, -0.2) is 18.1 Å². The average Bonchev–Trinajstić information content (AvgIpc) is 2.39. The first-order chi connectivity index (χ1) is 9.73. The van der Waals surface area contributed by atoms with Gasteiger partial charge >= 0.3 is 6.18 Å². The maximum Gasteiger partial charge on any atom is 0.392 e. The Labute approximate surface area is 123 Å². The topological polar surface area (TPSA) is 29.1 Å². The molecule has 21 heavy (non-hydrogen) atoms. The second kappa shape index (κ2) is 4.75. The predicted molar refractivity (Wildman–Crippen MR) is 73.3 cm³/mol. The van der Waals surface area contributed by atoms with Crippen LogP contribution in [0, 0.1) is 29.1 Å². The summed E-state index contributed by atoms with van der Waals surface area (Å²) < 4.78 is 39.5. The minimum atomic E-state index is -4.08. The summed E-state index contributed by atoms with van der Waals surface area (Å²) in [7, 11) is 0. The van der Waals surface area contributed by atoms with Gasteiger partial charge in [0, 0.05) is 11.5 Å². The summed E-state index contributed by atoms with van der Waals surface area (Å²) in [4.78, 5) is 11.5. The van der Waals surface area contributed by atoms with E-state index in [4.69, 9.17) is 0 Å². The lowest BCUT2D eigenvalue weighted by Gasteiger charge is -2.56. The van der Waals surface area contributed by atoms with Crippen molar-refractivity contribution in [3.05, 3.63) is 12.2 Å². The lowest BCUT2D eigenvalue weighted by Crippen LogP contribution is -2.58. The molecule has 0 spiro atoms. The first-order valence-corrected chi connectivity index (χ1v) is 7.80. The Balaban J connectivity index is 1.88. The lowest BCUT2D eigenvalue weighted by atomic mass is 9.51. The van der Waals surface area contributed by atoms with Gasteiger partial charge < -0.3 is 5.32 Å². The molecule has 0 saturated heterocycles. The van der Waals surface area contributed by atoms with E-state index in [-0.39, 0.29) is 41.5 Å². The summed E-state index contributed by atoms with van der Waals surface area (Å²) in [6.07, 6.45) is 1.81. The molecule has 1 aliphatic heterocycles. The number of nitrogens with one attached hydrogen (secondary N) is 1. The van der Waals surface area contributed by atoms with Crippen molar-refractivity contribution >= 4 is 5.91 Å². The van der Waals surface area contributed by atoms with Crippen molar-refractivity contribution in [3.8, 4) is 0 Å². The van der Waals surface area contributed by atoms with Crippen LogP contribution in [0.1, 0.15) is 39.5 Å². The lowest BCUT2D eigenvalue weighted by molar-refractivity contribution is -0.212. The van der Waals surface area contributed by atoms with Crippen molar-refractivity contribution in [2.45, 2.75) is 51.7 Å². The summed E-state index contributed by atoms with van der Waals surface area (Å²) >= 11 is 0. The van der Waals surface area contributed by atoms with E-state index in [1.165, 1.54) is 0 Å². The van der Waals surface area contributed by atoms with E-state index in [1.54, 1.807) is 13.0 Å². The SMILES string of the molecule is CC1C2CCC3NC(=O)C=C[C@]3(C)C2CCC1C(F)(F)F. The van der Waals surface area contributed by atoms with Crippen molar-refractivity contribution in [1.29, 1.82) is 0 Å². The highest BCUT2D eigenvalue weighted by atomic mass is 19.4. The molecule has 2 aliphatic carbocycles. The molecule has 5 heteroatoms. The summed E-state index contributed by atoms with van der Waals surface area (Å²) in [5.41, 5.74) is -0.193. The van der Waals surface area contributed by atoms with Gasteiger partial charge in [0.05, 0.1) is 5.92 Å². The van der Waals surface area contributed by atoms with Gasteiger partial charge in [-0.15, -0.1) is 0 Å². The predicted octanol–water partition coefficient (Wildman–Crippen LogP) is 3.68. The maximum absolute atomic E-state index is 13.2. The van der Waals surface area contributed by atoms with E-state index in [0.29, 0.717) is 6.42 Å². The van der Waals surface area contributed by atoms with Gasteiger partial charge in [0.1, 0.15) is 0 Å². The van der Waals surface area contributed by atoms with E-state index in [1.807, 2.05) is 6.08 Å². The molecule has 1 N–H and O–H groups in total. The number of carbonyl (C=O) groups excluding carboxylic acids is 1. The molecule has 0 aromatic carbocycles. The molecule has 2 nitrogen and oxygen atoms in total. The molecular formula is C16H22F3NO. The molecule has 0 bridgehead atoms. The number of fused-ring (bicyclic) bond motifs is 3. The molecule has 2 fully saturated rings. The van der Waals surface area contributed by atoms with E-state index >= 15 is 0 Å². The third kappa shape index (κ3) is 2.29. The molecule has 3 rings (SSSR count). The third-order valence-corrected chi connectivity index (χ3v) is 6.28. The number of amides is 1. The van der Waals surface area contributed by atoms with Gasteiger partial charge in [-0.1, -0.05) is 19.9 Å². The Hall–Kier alpha value is -1.00. The van der Waals surface area contributed by atoms with Crippen LogP contribution in [0.4, 0.5) is 13.2 Å². The van der Waals surface area contributed by atoms with Crippen LogP contribution in [0.15, 0.2) is 12.2 Å². The second-order valence-electron chi connectivity index (χ2n) is 7.19. The van der Waals surface area contributed by atoms with E-state index in [2.05, 4.69) is 12.2 Å². The van der Waals surface area contributed by atoms with Crippen LogP contribution in [0.5, 0.6) is 0 Å². The van der Waals surface area contributed by atoms with E-state index in [9.17, 15) is 18.0 Å². The highest BCUT2D eigenvalue weighted by molar-refractivity contribution is 5.89. The van der Waals surface area contributed by atoms with Crippen LogP contribution in [-0.2, 0) is 4.79 Å². The van der Waals surface area contributed by atoms with Crippen molar-refractivity contribution < 1.29 is 18.0 Å². The van der Waals surface area contributed by atoms with Crippen molar-refractivity contribution in [2.24, 2.45) is 29.1 Å². The maximum atomic E-state index is 13.2. The molecule has 0 radical (unpaired) electrons. The van der Waals surface area contributed by atoms with Gasteiger partial charge in [-0.3, -0.25) is 4.79 Å². The number of carbonyl (C=O) groups is 1. The molecule has 1 amide bonds. The van der Waals surface area contributed by atoms with Gasteiger partial charge in [-0.25, -0.2) is 0 Å². The van der Waals surface area contributed by atoms with Crippen molar-refractivity contribution in [3.63, 3.8) is 0 Å². The molecule has 3 aliphatic rings. The zero-order valence-corrected chi connectivity index (χ0v) is 12.4. The first kappa shape index (κ1) is 14.9. The number of hydrogen-bond donors (Lipinski definition) is 1. The van der Waals surface area contributed by atoms with Gasteiger partial charge in [-0.05, 0) is 49.5 Å². The van der Waals surface area contributed by atoms with Crippen molar-refractivity contribution in [1.82, 2.24) is 5.32 Å². The van der Waals surface area contributed by atoms with Crippen LogP contribution < -0.4 is 5.32 Å². The Morgan fingerprint density at radius 1 is 1.24 bits per heavy atom. The zero-order chi connectivity index (χ0) is 15.4. The molecule has 118 valence electrons. The number of hydrogen-bond acceptors (Lipinski definition) is 1. The largest absolute Gasteiger partial charge is 0.392 e. The summed E-state index contributed by atoms with van der Waals surface area (Å²) in [5, 5.41) is 3.00. The molecule has 5 unspecified atom stereocenters. The van der Waals surface area contributed by atoms with Gasteiger partial charge in [0.15, 0.2) is 0 Å². The van der Waals surface area contributed by atoms with Crippen LogP contribution >= 0.6 is 0 Å². The smallest absolute Gasteiger partial charge is 0.349 e.